The van der Waals surface area contributed by atoms with E-state index in [4.69, 9.17) is 5.11 Å². The number of unbranched alkanes of at least 4 members (excludes halogenated alkanes) is 10. The van der Waals surface area contributed by atoms with E-state index in [1.165, 1.54) is 57.8 Å². The Hall–Kier alpha value is -1.10. The molecule has 0 rings (SSSR count). The zero-order valence-corrected chi connectivity index (χ0v) is 16.3. The highest BCUT2D eigenvalue weighted by Gasteiger charge is 2.04. The number of carbonyl (C=O) groups is 2. The van der Waals surface area contributed by atoms with Gasteiger partial charge in [0.1, 0.15) is 6.54 Å². The fourth-order valence-electron chi connectivity index (χ4n) is 2.33. The van der Waals surface area contributed by atoms with Crippen LogP contribution in [0.4, 0.5) is 0 Å². The Morgan fingerprint density at radius 3 is 1.42 bits per heavy atom. The third-order valence-corrected chi connectivity index (χ3v) is 3.60. The molecule has 0 bridgehead atoms. The van der Waals surface area contributed by atoms with Crippen LogP contribution in [0.3, 0.4) is 0 Å². The summed E-state index contributed by atoms with van der Waals surface area (Å²) in [6.07, 6.45) is 14.4. The zero-order valence-electron chi connectivity index (χ0n) is 16.3. The fourth-order valence-corrected chi connectivity index (χ4v) is 2.33. The van der Waals surface area contributed by atoms with Crippen molar-refractivity contribution in [1.29, 1.82) is 0 Å². The van der Waals surface area contributed by atoms with Crippen molar-refractivity contribution in [2.75, 3.05) is 27.7 Å². The maximum atomic E-state index is 10.3. The van der Waals surface area contributed by atoms with Gasteiger partial charge < -0.3 is 19.5 Å². The number of quaternary nitrogens is 1. The van der Waals surface area contributed by atoms with Crippen LogP contribution in [0.15, 0.2) is 0 Å². The van der Waals surface area contributed by atoms with Gasteiger partial charge in [0.2, 0.25) is 0 Å². The normalized spacial score (nSPS) is 10.8. The van der Waals surface area contributed by atoms with Crippen molar-refractivity contribution >= 4 is 11.9 Å². The first kappa shape index (κ1) is 25.1. The molecule has 1 N–H and O–H groups in total. The third-order valence-electron chi connectivity index (χ3n) is 3.60. The number of aliphatic carboxylic acids is 2. The molecule has 0 heterocycles. The minimum Gasteiger partial charge on any atom is -0.544 e. The summed E-state index contributed by atoms with van der Waals surface area (Å²) >= 11 is 0. The van der Waals surface area contributed by atoms with Crippen molar-refractivity contribution in [2.45, 2.75) is 84.0 Å². The fraction of sp³-hybridized carbons (Fsp3) is 0.895. The summed E-state index contributed by atoms with van der Waals surface area (Å²) in [7, 11) is 5.40. The van der Waals surface area contributed by atoms with Crippen molar-refractivity contribution < 1.29 is 24.3 Å². The molecule has 0 spiro atoms. The summed E-state index contributed by atoms with van der Waals surface area (Å²) < 4.78 is 0.419. The van der Waals surface area contributed by atoms with Crippen LogP contribution in [0.2, 0.25) is 0 Å². The van der Waals surface area contributed by atoms with Gasteiger partial charge in [-0.15, -0.1) is 0 Å². The van der Waals surface area contributed by atoms with Crippen molar-refractivity contribution in [3.63, 3.8) is 0 Å². The molecule has 0 aromatic carbocycles. The summed E-state index contributed by atoms with van der Waals surface area (Å²) in [6, 6.07) is 0. The number of carboxylic acids is 2. The molecule has 0 saturated heterocycles. The van der Waals surface area contributed by atoms with Crippen molar-refractivity contribution in [2.24, 2.45) is 0 Å². The molecule has 0 amide bonds. The van der Waals surface area contributed by atoms with Gasteiger partial charge in [-0.2, -0.15) is 0 Å². The van der Waals surface area contributed by atoms with Gasteiger partial charge in [-0.05, 0) is 6.42 Å². The number of hydrogen-bond donors (Lipinski definition) is 1. The number of carboxylic acid groups (broad SMARTS) is 2. The van der Waals surface area contributed by atoms with E-state index < -0.39 is 11.9 Å². The van der Waals surface area contributed by atoms with Gasteiger partial charge in [-0.1, -0.05) is 71.1 Å². The molecule has 0 saturated carbocycles. The Morgan fingerprint density at radius 2 is 1.17 bits per heavy atom. The van der Waals surface area contributed by atoms with E-state index >= 15 is 0 Å². The van der Waals surface area contributed by atoms with Crippen LogP contribution < -0.4 is 5.11 Å². The molecular weight excluding hydrogens is 306 g/mol. The largest absolute Gasteiger partial charge is 0.544 e. The van der Waals surface area contributed by atoms with Crippen molar-refractivity contribution in [1.82, 2.24) is 0 Å². The van der Waals surface area contributed by atoms with E-state index in [0.29, 0.717) is 10.9 Å². The van der Waals surface area contributed by atoms with Gasteiger partial charge in [-0.25, -0.2) is 0 Å². The van der Waals surface area contributed by atoms with Gasteiger partial charge in [0.05, 0.1) is 27.1 Å². The van der Waals surface area contributed by atoms with Crippen LogP contribution in [0.1, 0.15) is 84.0 Å². The smallest absolute Gasteiger partial charge is 0.303 e. The highest BCUT2D eigenvalue weighted by Crippen LogP contribution is 2.11. The molecule has 0 aliphatic heterocycles. The van der Waals surface area contributed by atoms with E-state index in [1.54, 1.807) is 21.1 Å². The van der Waals surface area contributed by atoms with Crippen LogP contribution in [-0.2, 0) is 9.59 Å². The monoisotopic (exact) mass is 345 g/mol. The summed E-state index contributed by atoms with van der Waals surface area (Å²) in [5, 5.41) is 18.3. The molecule has 0 atom stereocenters. The molecule has 0 aromatic rings. The van der Waals surface area contributed by atoms with Gasteiger partial charge in [0.15, 0.2) is 0 Å². The molecule has 5 heteroatoms. The Bertz CT molecular complexity index is 311. The second-order valence-electron chi connectivity index (χ2n) is 7.50. The zero-order chi connectivity index (χ0) is 18.8. The molecule has 0 unspecified atom stereocenters. The molecule has 0 aliphatic rings. The lowest BCUT2D eigenvalue weighted by molar-refractivity contribution is -0.864. The molecule has 0 aliphatic carbocycles. The van der Waals surface area contributed by atoms with Crippen LogP contribution in [0.5, 0.6) is 0 Å². The molecule has 0 aromatic heterocycles. The van der Waals surface area contributed by atoms with E-state index in [2.05, 4.69) is 6.92 Å². The number of carbonyl (C=O) groups excluding carboxylic acids is 1. The summed E-state index contributed by atoms with van der Waals surface area (Å²) in [5.74, 6) is -1.66. The molecular formula is C19H39NO4. The summed E-state index contributed by atoms with van der Waals surface area (Å²) in [6.45, 7) is 2.32. The lowest BCUT2D eigenvalue weighted by Gasteiger charge is -2.23. The first-order chi connectivity index (χ1) is 11.2. The maximum absolute atomic E-state index is 10.3. The standard InChI is InChI=1S/C14H28O2.C5H11NO2/c1-2-3-4-5-6-7-8-9-10-11-12-13-14(15)16;1-6(2,3)4-5(7)8/h2-13H2,1H3,(H,15,16);4H2,1-3H3. The first-order valence-electron chi connectivity index (χ1n) is 9.41. The van der Waals surface area contributed by atoms with Crippen LogP contribution >= 0.6 is 0 Å². The molecule has 24 heavy (non-hydrogen) atoms. The number of hydrogen-bond acceptors (Lipinski definition) is 3. The van der Waals surface area contributed by atoms with Crippen LogP contribution in [0, 0.1) is 0 Å². The Labute approximate surface area is 148 Å². The lowest BCUT2D eigenvalue weighted by atomic mass is 10.1. The SMILES string of the molecule is CCCCCCCCCCCCCC(=O)O.C[N+](C)(C)CC(=O)[O-]. The summed E-state index contributed by atoms with van der Waals surface area (Å²) in [4.78, 5) is 20.1. The third kappa shape index (κ3) is 29.0. The van der Waals surface area contributed by atoms with Crippen LogP contribution in [-0.4, -0.2) is 49.2 Å². The van der Waals surface area contributed by atoms with E-state index in [9.17, 15) is 14.7 Å². The number of nitrogens with zero attached hydrogens (tertiary/aromatic N) is 1. The van der Waals surface area contributed by atoms with Crippen molar-refractivity contribution in [3.05, 3.63) is 0 Å². The predicted octanol–water partition coefficient (Wildman–Crippen LogP) is 3.21. The molecule has 144 valence electrons. The van der Waals surface area contributed by atoms with Gasteiger partial charge in [-0.3, -0.25) is 4.79 Å². The maximum Gasteiger partial charge on any atom is 0.303 e. The van der Waals surface area contributed by atoms with Gasteiger partial charge in [0.25, 0.3) is 0 Å². The minimum absolute atomic E-state index is 0.0694. The predicted molar refractivity (Wildman–Crippen MR) is 96.6 cm³/mol. The lowest BCUT2D eigenvalue weighted by Crippen LogP contribution is -2.45. The average Bonchev–Trinajstić information content (AvgIpc) is 2.42. The number of likely N-dealkylation sites (N-methyl/N-ethyl adjacent to an activating group) is 1. The molecule has 0 fully saturated rings. The number of rotatable bonds is 14. The van der Waals surface area contributed by atoms with E-state index in [1.807, 2.05) is 0 Å². The second kappa shape index (κ2) is 16.7. The highest BCUT2D eigenvalue weighted by molar-refractivity contribution is 5.66. The molecule has 0 radical (unpaired) electrons. The minimum atomic E-state index is -1.00. The Morgan fingerprint density at radius 1 is 0.792 bits per heavy atom. The van der Waals surface area contributed by atoms with Gasteiger partial charge in [0, 0.05) is 6.42 Å². The molecule has 5 nitrogen and oxygen atoms in total. The topological polar surface area (TPSA) is 77.4 Å². The van der Waals surface area contributed by atoms with E-state index in [-0.39, 0.29) is 6.54 Å². The Balaban J connectivity index is 0. The quantitative estimate of drug-likeness (QED) is 0.387. The average molecular weight is 346 g/mol. The van der Waals surface area contributed by atoms with Gasteiger partial charge >= 0.3 is 5.97 Å². The Kier molecular flexibility index (Phi) is 17.5. The summed E-state index contributed by atoms with van der Waals surface area (Å²) in [5.41, 5.74) is 0. The first-order valence-corrected chi connectivity index (χ1v) is 9.41. The van der Waals surface area contributed by atoms with E-state index in [0.717, 1.165) is 12.8 Å². The highest BCUT2D eigenvalue weighted by atomic mass is 16.4. The van der Waals surface area contributed by atoms with Crippen molar-refractivity contribution in [3.8, 4) is 0 Å². The van der Waals surface area contributed by atoms with Crippen LogP contribution in [0.25, 0.3) is 0 Å². The second-order valence-corrected chi connectivity index (χ2v) is 7.50.